The van der Waals surface area contributed by atoms with Crippen molar-refractivity contribution >= 4 is 5.91 Å². The lowest BCUT2D eigenvalue weighted by atomic mass is 10.2. The number of aromatic nitrogens is 1. The second-order valence-corrected chi connectivity index (χ2v) is 4.33. The summed E-state index contributed by atoms with van der Waals surface area (Å²) >= 11 is 0. The number of carbonyl (C=O) groups is 1. The Kier molecular flexibility index (Phi) is 3.15. The summed E-state index contributed by atoms with van der Waals surface area (Å²) in [6, 6.07) is 3.04. The molecule has 1 saturated carbocycles. The number of alkyl halides is 2. The minimum absolute atomic E-state index is 0.117. The third-order valence-corrected chi connectivity index (χ3v) is 2.93. The first-order valence-corrected chi connectivity index (χ1v) is 5.43. The van der Waals surface area contributed by atoms with Gasteiger partial charge in [0.25, 0.3) is 12.3 Å². The lowest BCUT2D eigenvalue weighted by molar-refractivity contribution is 0.0885. The van der Waals surface area contributed by atoms with Crippen LogP contribution in [0.2, 0.25) is 0 Å². The van der Waals surface area contributed by atoms with E-state index in [2.05, 4.69) is 5.32 Å². The molecular weight excluding hydrogens is 230 g/mol. The molecule has 0 aromatic carbocycles. The van der Waals surface area contributed by atoms with Crippen LogP contribution >= 0.6 is 0 Å². The van der Waals surface area contributed by atoms with Crippen LogP contribution in [0.25, 0.3) is 0 Å². The topological polar surface area (TPSA) is 54.3 Å². The second kappa shape index (κ2) is 4.44. The quantitative estimate of drug-likeness (QED) is 0.812. The Morgan fingerprint density at radius 1 is 1.59 bits per heavy atom. The van der Waals surface area contributed by atoms with E-state index in [1.807, 2.05) is 0 Å². The number of hydrogen-bond acceptors (Lipinski definition) is 2. The zero-order chi connectivity index (χ0) is 12.5. The minimum atomic E-state index is -2.50. The van der Waals surface area contributed by atoms with Gasteiger partial charge in [0.2, 0.25) is 0 Å². The van der Waals surface area contributed by atoms with E-state index in [0.717, 1.165) is 12.8 Å². The molecule has 1 fully saturated rings. The third kappa shape index (κ3) is 2.63. The number of rotatable bonds is 5. The number of nitrogens with zero attached hydrogens (tertiary/aromatic N) is 1. The smallest absolute Gasteiger partial charge is 0.268 e. The molecular formula is C11H14F2N2O2. The Labute approximate surface area is 97.2 Å². The van der Waals surface area contributed by atoms with Gasteiger partial charge < -0.3 is 15.0 Å². The summed E-state index contributed by atoms with van der Waals surface area (Å²) in [5, 5.41) is 11.8. The Balaban J connectivity index is 2.06. The van der Waals surface area contributed by atoms with Gasteiger partial charge in [-0.3, -0.25) is 4.79 Å². The van der Waals surface area contributed by atoms with E-state index >= 15 is 0 Å². The van der Waals surface area contributed by atoms with E-state index in [-0.39, 0.29) is 12.3 Å². The van der Waals surface area contributed by atoms with Crippen LogP contribution in [0.3, 0.4) is 0 Å². The maximum absolute atomic E-state index is 12.3. The van der Waals surface area contributed by atoms with Crippen LogP contribution < -0.4 is 5.32 Å². The van der Waals surface area contributed by atoms with Gasteiger partial charge in [0, 0.05) is 6.20 Å². The summed E-state index contributed by atoms with van der Waals surface area (Å²) in [7, 11) is 0. The molecule has 0 bridgehead atoms. The molecule has 2 rings (SSSR count). The van der Waals surface area contributed by atoms with Gasteiger partial charge in [-0.25, -0.2) is 8.78 Å². The van der Waals surface area contributed by atoms with Crippen LogP contribution in [0.15, 0.2) is 18.3 Å². The van der Waals surface area contributed by atoms with Crippen molar-refractivity contribution in [1.29, 1.82) is 0 Å². The van der Waals surface area contributed by atoms with Crippen molar-refractivity contribution in [2.24, 2.45) is 0 Å². The van der Waals surface area contributed by atoms with E-state index < -0.39 is 24.4 Å². The molecule has 4 nitrogen and oxygen atoms in total. The van der Waals surface area contributed by atoms with Crippen molar-refractivity contribution in [2.45, 2.75) is 31.4 Å². The summed E-state index contributed by atoms with van der Waals surface area (Å²) in [6.07, 6.45) is 0.400. The SMILES string of the molecule is O=C(NC1(CO)CC1)c1cccn1CC(F)F. The van der Waals surface area contributed by atoms with Gasteiger partial charge in [0.1, 0.15) is 5.69 Å². The van der Waals surface area contributed by atoms with E-state index in [4.69, 9.17) is 5.11 Å². The predicted octanol–water partition coefficient (Wildman–Crippen LogP) is 1.01. The highest BCUT2D eigenvalue weighted by atomic mass is 19.3. The molecule has 1 aliphatic carbocycles. The second-order valence-electron chi connectivity index (χ2n) is 4.33. The van der Waals surface area contributed by atoms with E-state index in [1.165, 1.54) is 16.8 Å². The number of aliphatic hydroxyl groups excluding tert-OH is 1. The molecule has 0 saturated heterocycles. The first-order chi connectivity index (χ1) is 8.06. The van der Waals surface area contributed by atoms with Crippen molar-refractivity contribution < 1.29 is 18.7 Å². The molecule has 94 valence electrons. The molecule has 2 N–H and O–H groups in total. The highest BCUT2D eigenvalue weighted by Gasteiger charge is 2.43. The lowest BCUT2D eigenvalue weighted by Gasteiger charge is -2.15. The van der Waals surface area contributed by atoms with Crippen molar-refractivity contribution in [3.63, 3.8) is 0 Å². The average Bonchev–Trinajstić information content (AvgIpc) is 2.89. The summed E-state index contributed by atoms with van der Waals surface area (Å²) in [4.78, 5) is 11.8. The molecule has 6 heteroatoms. The number of amides is 1. The Morgan fingerprint density at radius 2 is 2.29 bits per heavy atom. The molecule has 1 heterocycles. The van der Waals surface area contributed by atoms with Gasteiger partial charge in [-0.15, -0.1) is 0 Å². The normalized spacial score (nSPS) is 17.2. The van der Waals surface area contributed by atoms with Gasteiger partial charge in [-0.05, 0) is 25.0 Å². The molecule has 1 aromatic rings. The molecule has 1 aromatic heterocycles. The van der Waals surface area contributed by atoms with Crippen LogP contribution in [-0.2, 0) is 6.54 Å². The summed E-state index contributed by atoms with van der Waals surface area (Å²) < 4.78 is 25.7. The van der Waals surface area contributed by atoms with Crippen LogP contribution in [0.1, 0.15) is 23.3 Å². The fourth-order valence-electron chi connectivity index (χ4n) is 1.71. The lowest BCUT2D eigenvalue weighted by Crippen LogP contribution is -2.40. The fraction of sp³-hybridized carbons (Fsp3) is 0.545. The Hall–Kier alpha value is -1.43. The number of aliphatic hydroxyl groups is 1. The van der Waals surface area contributed by atoms with Crippen molar-refractivity contribution in [1.82, 2.24) is 9.88 Å². The largest absolute Gasteiger partial charge is 0.394 e. The first kappa shape index (κ1) is 12.0. The van der Waals surface area contributed by atoms with Crippen molar-refractivity contribution in [2.75, 3.05) is 6.61 Å². The summed E-state index contributed by atoms with van der Waals surface area (Å²) in [6.45, 7) is -0.615. The van der Waals surface area contributed by atoms with Crippen LogP contribution in [0.5, 0.6) is 0 Å². The third-order valence-electron chi connectivity index (χ3n) is 2.93. The molecule has 0 atom stereocenters. The Morgan fingerprint density at radius 3 is 2.82 bits per heavy atom. The van der Waals surface area contributed by atoms with E-state index in [1.54, 1.807) is 6.07 Å². The van der Waals surface area contributed by atoms with E-state index in [0.29, 0.717) is 0 Å². The molecule has 1 aliphatic rings. The highest BCUT2D eigenvalue weighted by molar-refractivity contribution is 5.93. The zero-order valence-corrected chi connectivity index (χ0v) is 9.20. The standard InChI is InChI=1S/C11H14F2N2O2/c12-9(13)6-15-5-1-2-8(15)10(17)14-11(7-16)3-4-11/h1-2,5,9,16H,3-4,6-7H2,(H,14,17). The highest BCUT2D eigenvalue weighted by Crippen LogP contribution is 2.34. The zero-order valence-electron chi connectivity index (χ0n) is 9.20. The monoisotopic (exact) mass is 244 g/mol. The number of hydrogen-bond donors (Lipinski definition) is 2. The van der Waals surface area contributed by atoms with Crippen molar-refractivity contribution in [3.05, 3.63) is 24.0 Å². The molecule has 0 unspecified atom stereocenters. The van der Waals surface area contributed by atoms with Crippen LogP contribution in [0.4, 0.5) is 8.78 Å². The number of halogens is 2. The first-order valence-electron chi connectivity index (χ1n) is 5.43. The van der Waals surface area contributed by atoms with Gasteiger partial charge in [-0.1, -0.05) is 0 Å². The summed E-state index contributed by atoms with van der Waals surface area (Å²) in [5.74, 6) is -0.415. The van der Waals surface area contributed by atoms with E-state index in [9.17, 15) is 13.6 Å². The van der Waals surface area contributed by atoms with Crippen LogP contribution in [0, 0.1) is 0 Å². The molecule has 17 heavy (non-hydrogen) atoms. The Bertz CT molecular complexity index is 413. The van der Waals surface area contributed by atoms with Crippen molar-refractivity contribution in [3.8, 4) is 0 Å². The molecule has 0 spiro atoms. The molecule has 1 amide bonds. The molecule has 0 radical (unpaired) electrons. The maximum atomic E-state index is 12.3. The van der Waals surface area contributed by atoms with Gasteiger partial charge >= 0.3 is 0 Å². The van der Waals surface area contributed by atoms with Gasteiger partial charge in [0.05, 0.1) is 18.7 Å². The number of nitrogens with one attached hydrogen (secondary N) is 1. The minimum Gasteiger partial charge on any atom is -0.394 e. The van der Waals surface area contributed by atoms with Gasteiger partial charge in [0.15, 0.2) is 0 Å². The number of carbonyl (C=O) groups excluding carboxylic acids is 1. The van der Waals surface area contributed by atoms with Crippen LogP contribution in [-0.4, -0.2) is 34.2 Å². The van der Waals surface area contributed by atoms with Gasteiger partial charge in [-0.2, -0.15) is 0 Å². The predicted molar refractivity (Wildman–Crippen MR) is 57.0 cm³/mol. The maximum Gasteiger partial charge on any atom is 0.268 e. The molecule has 0 aliphatic heterocycles. The fourth-order valence-corrected chi connectivity index (χ4v) is 1.71. The summed E-state index contributed by atoms with van der Waals surface area (Å²) in [5.41, 5.74) is -0.332. The average molecular weight is 244 g/mol.